The normalized spacial score (nSPS) is 35.7. The van der Waals surface area contributed by atoms with Crippen molar-refractivity contribution < 1.29 is 9.90 Å². The van der Waals surface area contributed by atoms with Crippen molar-refractivity contribution in [2.45, 2.75) is 73.1 Å². The van der Waals surface area contributed by atoms with Crippen molar-refractivity contribution in [1.29, 1.82) is 0 Å². The molecule has 4 atom stereocenters. The van der Waals surface area contributed by atoms with Gasteiger partial charge in [0.2, 0.25) is 0 Å². The standard InChI is InChI=1S/C20H34O2/c1-14(11-13-21)6-8-16-15(2)7-9-17-19(3,4)18(22)10-12-20(16,17)5/h7,14,16-17,21H,6,8-13H2,1-5H3. The first-order chi connectivity index (χ1) is 10.2. The summed E-state index contributed by atoms with van der Waals surface area (Å²) >= 11 is 0. The SMILES string of the molecule is CC1=CCC2C(C)(C)C(=O)CCC2(C)C1CCC(C)CCO. The molecule has 126 valence electrons. The fourth-order valence-electron chi connectivity index (χ4n) is 5.22. The summed E-state index contributed by atoms with van der Waals surface area (Å²) in [6.07, 6.45) is 8.52. The minimum absolute atomic E-state index is 0.181. The van der Waals surface area contributed by atoms with E-state index in [0.29, 0.717) is 30.1 Å². The Balaban J connectivity index is 2.20. The van der Waals surface area contributed by atoms with E-state index < -0.39 is 0 Å². The largest absolute Gasteiger partial charge is 0.396 e. The summed E-state index contributed by atoms with van der Waals surface area (Å²) in [4.78, 5) is 12.4. The molecule has 2 aliphatic rings. The molecule has 0 saturated heterocycles. The average Bonchev–Trinajstić information content (AvgIpc) is 2.43. The first kappa shape index (κ1) is 17.7. The molecular formula is C20H34O2. The van der Waals surface area contributed by atoms with Crippen LogP contribution in [0.15, 0.2) is 11.6 Å². The summed E-state index contributed by atoms with van der Waals surface area (Å²) in [6, 6.07) is 0. The molecule has 22 heavy (non-hydrogen) atoms. The van der Waals surface area contributed by atoms with Gasteiger partial charge in [-0.3, -0.25) is 4.79 Å². The minimum atomic E-state index is -0.181. The van der Waals surface area contributed by atoms with Crippen LogP contribution in [0.1, 0.15) is 73.1 Å². The Hall–Kier alpha value is -0.630. The predicted molar refractivity (Wildman–Crippen MR) is 91.6 cm³/mol. The maximum Gasteiger partial charge on any atom is 0.138 e. The highest BCUT2D eigenvalue weighted by molar-refractivity contribution is 5.85. The molecule has 0 radical (unpaired) electrons. The van der Waals surface area contributed by atoms with E-state index in [4.69, 9.17) is 5.11 Å². The zero-order valence-electron chi connectivity index (χ0n) is 15.1. The lowest BCUT2D eigenvalue weighted by molar-refractivity contribution is -0.143. The summed E-state index contributed by atoms with van der Waals surface area (Å²) in [5.41, 5.74) is 1.61. The lowest BCUT2D eigenvalue weighted by atomic mass is 9.48. The van der Waals surface area contributed by atoms with Gasteiger partial charge in [0.25, 0.3) is 0 Å². The highest BCUT2D eigenvalue weighted by Crippen LogP contribution is 2.59. The monoisotopic (exact) mass is 306 g/mol. The van der Waals surface area contributed by atoms with Crippen LogP contribution in [0.2, 0.25) is 0 Å². The third-order valence-corrected chi connectivity index (χ3v) is 6.87. The Labute approximate surface area is 136 Å². The maximum absolute atomic E-state index is 12.4. The highest BCUT2D eigenvalue weighted by atomic mass is 16.3. The molecule has 0 aliphatic heterocycles. The van der Waals surface area contributed by atoms with E-state index in [2.05, 4.69) is 40.7 Å². The van der Waals surface area contributed by atoms with Gasteiger partial charge >= 0.3 is 0 Å². The van der Waals surface area contributed by atoms with Crippen LogP contribution in [0.25, 0.3) is 0 Å². The zero-order valence-corrected chi connectivity index (χ0v) is 15.1. The number of rotatable bonds is 5. The predicted octanol–water partition coefficient (Wildman–Crippen LogP) is 4.76. The van der Waals surface area contributed by atoms with Gasteiger partial charge in [0.15, 0.2) is 0 Å². The number of aliphatic hydroxyl groups excluding tert-OH is 1. The van der Waals surface area contributed by atoms with Crippen molar-refractivity contribution in [3.63, 3.8) is 0 Å². The number of aliphatic hydroxyl groups is 1. The van der Waals surface area contributed by atoms with Crippen molar-refractivity contribution in [2.24, 2.45) is 28.6 Å². The number of Topliss-reactive ketones (excluding diaryl/α,β-unsaturated/α-hetero) is 1. The molecule has 0 aromatic carbocycles. The molecule has 0 amide bonds. The smallest absolute Gasteiger partial charge is 0.138 e. The third-order valence-electron chi connectivity index (χ3n) is 6.87. The van der Waals surface area contributed by atoms with Crippen LogP contribution >= 0.6 is 0 Å². The number of hydrogen-bond acceptors (Lipinski definition) is 2. The van der Waals surface area contributed by atoms with Gasteiger partial charge in [-0.15, -0.1) is 0 Å². The molecule has 0 aromatic heterocycles. The van der Waals surface area contributed by atoms with E-state index in [-0.39, 0.29) is 10.8 Å². The summed E-state index contributed by atoms with van der Waals surface area (Å²) in [7, 11) is 0. The molecule has 2 heteroatoms. The summed E-state index contributed by atoms with van der Waals surface area (Å²) in [6.45, 7) is 11.6. The van der Waals surface area contributed by atoms with Crippen LogP contribution in [-0.2, 0) is 4.79 Å². The van der Waals surface area contributed by atoms with Crippen LogP contribution < -0.4 is 0 Å². The number of allylic oxidation sites excluding steroid dienone is 2. The van der Waals surface area contributed by atoms with E-state index in [9.17, 15) is 4.79 Å². The van der Waals surface area contributed by atoms with Crippen molar-refractivity contribution in [2.75, 3.05) is 6.61 Å². The first-order valence-electron chi connectivity index (χ1n) is 9.04. The Morgan fingerprint density at radius 2 is 2.00 bits per heavy atom. The van der Waals surface area contributed by atoms with Crippen molar-refractivity contribution in [1.82, 2.24) is 0 Å². The molecule has 1 fully saturated rings. The number of ketones is 1. The number of carbonyl (C=O) groups is 1. The van der Waals surface area contributed by atoms with Gasteiger partial charge in [-0.05, 0) is 55.8 Å². The van der Waals surface area contributed by atoms with Gasteiger partial charge in [-0.2, -0.15) is 0 Å². The van der Waals surface area contributed by atoms with Crippen LogP contribution in [0, 0.1) is 28.6 Å². The molecule has 0 bridgehead atoms. The van der Waals surface area contributed by atoms with Gasteiger partial charge in [0.1, 0.15) is 5.78 Å². The molecule has 1 N–H and O–H groups in total. The second-order valence-electron chi connectivity index (χ2n) is 8.63. The van der Waals surface area contributed by atoms with Crippen LogP contribution in [0.3, 0.4) is 0 Å². The molecule has 1 saturated carbocycles. The second kappa shape index (κ2) is 6.47. The lowest BCUT2D eigenvalue weighted by Gasteiger charge is -2.56. The molecule has 0 spiro atoms. The molecule has 0 heterocycles. The summed E-state index contributed by atoms with van der Waals surface area (Å²) < 4.78 is 0. The summed E-state index contributed by atoms with van der Waals surface area (Å²) in [5.74, 6) is 2.11. The summed E-state index contributed by atoms with van der Waals surface area (Å²) in [5, 5.41) is 9.11. The quantitative estimate of drug-likeness (QED) is 0.743. The van der Waals surface area contributed by atoms with E-state index in [0.717, 1.165) is 25.7 Å². The Kier molecular flexibility index (Phi) is 5.21. The van der Waals surface area contributed by atoms with Gasteiger partial charge in [0, 0.05) is 18.4 Å². The van der Waals surface area contributed by atoms with E-state index in [1.54, 1.807) is 0 Å². The molecule has 2 aliphatic carbocycles. The minimum Gasteiger partial charge on any atom is -0.396 e. The van der Waals surface area contributed by atoms with Crippen molar-refractivity contribution in [3.8, 4) is 0 Å². The van der Waals surface area contributed by atoms with Crippen LogP contribution in [0.5, 0.6) is 0 Å². The number of fused-ring (bicyclic) bond motifs is 1. The Morgan fingerprint density at radius 3 is 2.64 bits per heavy atom. The molecular weight excluding hydrogens is 272 g/mol. The second-order valence-corrected chi connectivity index (χ2v) is 8.63. The van der Waals surface area contributed by atoms with Gasteiger partial charge < -0.3 is 5.11 Å². The van der Waals surface area contributed by atoms with E-state index in [1.807, 2.05) is 0 Å². The molecule has 4 unspecified atom stereocenters. The highest BCUT2D eigenvalue weighted by Gasteiger charge is 2.54. The fraction of sp³-hybridized carbons (Fsp3) is 0.850. The Morgan fingerprint density at radius 1 is 1.32 bits per heavy atom. The average molecular weight is 306 g/mol. The Bertz CT molecular complexity index is 449. The van der Waals surface area contributed by atoms with Gasteiger partial charge in [-0.25, -0.2) is 0 Å². The van der Waals surface area contributed by atoms with Gasteiger partial charge in [0.05, 0.1) is 0 Å². The molecule has 2 nitrogen and oxygen atoms in total. The van der Waals surface area contributed by atoms with E-state index in [1.165, 1.54) is 18.4 Å². The number of hydrogen-bond donors (Lipinski definition) is 1. The lowest BCUT2D eigenvalue weighted by Crippen LogP contribution is -2.52. The van der Waals surface area contributed by atoms with Gasteiger partial charge in [-0.1, -0.05) is 45.8 Å². The fourth-order valence-corrected chi connectivity index (χ4v) is 5.22. The van der Waals surface area contributed by atoms with Crippen LogP contribution in [0.4, 0.5) is 0 Å². The topological polar surface area (TPSA) is 37.3 Å². The molecule has 0 aromatic rings. The number of carbonyl (C=O) groups excluding carboxylic acids is 1. The molecule has 2 rings (SSSR count). The van der Waals surface area contributed by atoms with Crippen molar-refractivity contribution in [3.05, 3.63) is 11.6 Å². The maximum atomic E-state index is 12.4. The van der Waals surface area contributed by atoms with E-state index >= 15 is 0 Å². The third kappa shape index (κ3) is 3.04. The van der Waals surface area contributed by atoms with Crippen LogP contribution in [-0.4, -0.2) is 17.5 Å². The van der Waals surface area contributed by atoms with Crippen molar-refractivity contribution >= 4 is 5.78 Å². The first-order valence-corrected chi connectivity index (χ1v) is 9.04. The zero-order chi connectivity index (χ0) is 16.5.